The van der Waals surface area contributed by atoms with Gasteiger partial charge < -0.3 is 10.2 Å². The molecule has 2 aliphatic rings. The van der Waals surface area contributed by atoms with E-state index in [4.69, 9.17) is 4.98 Å². The first-order valence-corrected chi connectivity index (χ1v) is 11.0. The number of fused-ring (bicyclic) bond motifs is 1. The van der Waals surface area contributed by atoms with E-state index in [-0.39, 0.29) is 23.7 Å². The number of hydrogen-bond donors (Lipinski definition) is 1. The number of carbonyl (C=O) groups is 2. The molecule has 1 aliphatic heterocycles. The highest BCUT2D eigenvalue weighted by molar-refractivity contribution is 7.18. The zero-order chi connectivity index (χ0) is 19.5. The van der Waals surface area contributed by atoms with E-state index in [2.05, 4.69) is 23.5 Å². The Morgan fingerprint density at radius 2 is 1.93 bits per heavy atom. The number of carbonyl (C=O) groups excluding carboxylic acids is 2. The molecule has 1 aromatic heterocycles. The lowest BCUT2D eigenvalue weighted by molar-refractivity contribution is -0.138. The molecule has 0 radical (unpaired) electrons. The molecule has 1 aliphatic carbocycles. The predicted octanol–water partition coefficient (Wildman–Crippen LogP) is 3.72. The second-order valence-corrected chi connectivity index (χ2v) is 8.94. The Labute approximate surface area is 169 Å². The van der Waals surface area contributed by atoms with Crippen LogP contribution < -0.4 is 5.32 Å². The minimum Gasteiger partial charge on any atom is -0.356 e. The van der Waals surface area contributed by atoms with Crippen molar-refractivity contribution in [2.45, 2.75) is 38.5 Å². The molecular weight excluding hydrogens is 370 g/mol. The molecule has 28 heavy (non-hydrogen) atoms. The monoisotopic (exact) mass is 397 g/mol. The summed E-state index contributed by atoms with van der Waals surface area (Å²) in [5, 5.41) is 3.99. The van der Waals surface area contributed by atoms with Gasteiger partial charge >= 0.3 is 0 Å². The van der Waals surface area contributed by atoms with Gasteiger partial charge in [0.15, 0.2) is 0 Å². The van der Waals surface area contributed by atoms with Crippen LogP contribution in [0, 0.1) is 11.8 Å². The van der Waals surface area contributed by atoms with Crippen molar-refractivity contribution < 1.29 is 9.59 Å². The number of thiazole rings is 1. The number of nitrogens with zero attached hydrogens (tertiary/aromatic N) is 2. The summed E-state index contributed by atoms with van der Waals surface area (Å²) in [5.74, 6) is 0.918. The van der Waals surface area contributed by atoms with Crippen LogP contribution in [0.5, 0.6) is 0 Å². The molecule has 1 aromatic carbocycles. The standard InChI is InChI=1S/C22H27N3O2S/c1-15(26)23-14-16-10-12-25(13-11-16)22(27)18-7-3-2-6-17(18)21-24-19-8-4-5-9-20(19)28-21/h2-5,8-9,16-18H,6-7,10-14H2,1H3,(H,23,26). The number of benzene rings is 1. The number of para-hydroxylation sites is 1. The Kier molecular flexibility index (Phi) is 5.76. The van der Waals surface area contributed by atoms with Crippen molar-refractivity contribution in [1.29, 1.82) is 0 Å². The molecular formula is C22H27N3O2S. The minimum absolute atomic E-state index is 0.0162. The van der Waals surface area contributed by atoms with Crippen LogP contribution in [0.25, 0.3) is 10.2 Å². The molecule has 1 saturated heterocycles. The van der Waals surface area contributed by atoms with Gasteiger partial charge in [-0.05, 0) is 43.7 Å². The van der Waals surface area contributed by atoms with Gasteiger partial charge in [0, 0.05) is 32.5 Å². The fourth-order valence-corrected chi connectivity index (χ4v) is 5.43. The molecule has 5 nitrogen and oxygen atoms in total. The molecule has 0 saturated carbocycles. The average Bonchev–Trinajstić information content (AvgIpc) is 3.16. The fourth-order valence-electron chi connectivity index (χ4n) is 4.29. The zero-order valence-corrected chi connectivity index (χ0v) is 17.1. The van der Waals surface area contributed by atoms with Crippen molar-refractivity contribution in [2.24, 2.45) is 11.8 Å². The maximum atomic E-state index is 13.3. The summed E-state index contributed by atoms with van der Waals surface area (Å²) in [4.78, 5) is 31.3. The van der Waals surface area contributed by atoms with Crippen LogP contribution in [-0.2, 0) is 9.59 Å². The Hall–Kier alpha value is -2.21. The van der Waals surface area contributed by atoms with E-state index in [1.165, 1.54) is 4.70 Å². The number of piperidine rings is 1. The fraction of sp³-hybridized carbons (Fsp3) is 0.500. The van der Waals surface area contributed by atoms with E-state index in [0.717, 1.165) is 55.8 Å². The summed E-state index contributed by atoms with van der Waals surface area (Å²) in [5.41, 5.74) is 1.03. The van der Waals surface area contributed by atoms with Gasteiger partial charge in [0.2, 0.25) is 11.8 Å². The van der Waals surface area contributed by atoms with E-state index in [1.54, 1.807) is 18.3 Å². The van der Waals surface area contributed by atoms with Crippen molar-refractivity contribution in [3.8, 4) is 0 Å². The molecule has 6 heteroatoms. The van der Waals surface area contributed by atoms with Gasteiger partial charge in [-0.2, -0.15) is 0 Å². The van der Waals surface area contributed by atoms with E-state index in [0.29, 0.717) is 5.92 Å². The normalized spacial score (nSPS) is 23.1. The maximum absolute atomic E-state index is 13.3. The molecule has 0 spiro atoms. The van der Waals surface area contributed by atoms with Crippen molar-refractivity contribution in [2.75, 3.05) is 19.6 Å². The average molecular weight is 398 g/mol. The second-order valence-electron chi connectivity index (χ2n) is 7.88. The van der Waals surface area contributed by atoms with Gasteiger partial charge in [-0.25, -0.2) is 4.98 Å². The number of hydrogen-bond acceptors (Lipinski definition) is 4. The first-order chi connectivity index (χ1) is 13.6. The molecule has 0 bridgehead atoms. The second kappa shape index (κ2) is 8.43. The number of rotatable bonds is 4. The van der Waals surface area contributed by atoms with Crippen LogP contribution in [0.1, 0.15) is 43.5 Å². The van der Waals surface area contributed by atoms with Crippen molar-refractivity contribution in [3.05, 3.63) is 41.4 Å². The molecule has 2 aromatic rings. The van der Waals surface area contributed by atoms with Gasteiger partial charge in [0.1, 0.15) is 0 Å². The van der Waals surface area contributed by atoms with Crippen LogP contribution in [-0.4, -0.2) is 41.3 Å². The molecule has 2 amide bonds. The van der Waals surface area contributed by atoms with Gasteiger partial charge in [0.25, 0.3) is 0 Å². The summed E-state index contributed by atoms with van der Waals surface area (Å²) in [6.45, 7) is 3.85. The summed E-state index contributed by atoms with van der Waals surface area (Å²) >= 11 is 1.73. The topological polar surface area (TPSA) is 62.3 Å². The maximum Gasteiger partial charge on any atom is 0.226 e. The zero-order valence-electron chi connectivity index (χ0n) is 16.3. The first kappa shape index (κ1) is 19.1. The quantitative estimate of drug-likeness (QED) is 0.800. The van der Waals surface area contributed by atoms with Crippen LogP contribution in [0.3, 0.4) is 0 Å². The summed E-state index contributed by atoms with van der Waals surface area (Å²) in [7, 11) is 0. The molecule has 4 rings (SSSR count). The highest BCUT2D eigenvalue weighted by Crippen LogP contribution is 2.39. The first-order valence-electron chi connectivity index (χ1n) is 10.2. The van der Waals surface area contributed by atoms with E-state index in [9.17, 15) is 9.59 Å². The van der Waals surface area contributed by atoms with Crippen molar-refractivity contribution in [3.63, 3.8) is 0 Å². The highest BCUT2D eigenvalue weighted by Gasteiger charge is 2.36. The molecule has 2 heterocycles. The minimum atomic E-state index is -0.0162. The lowest BCUT2D eigenvalue weighted by atomic mass is 9.81. The van der Waals surface area contributed by atoms with Gasteiger partial charge in [-0.1, -0.05) is 24.3 Å². The molecule has 2 atom stereocenters. The Morgan fingerprint density at radius 1 is 1.18 bits per heavy atom. The van der Waals surface area contributed by atoms with Crippen LogP contribution in [0.15, 0.2) is 36.4 Å². The predicted molar refractivity (Wildman–Crippen MR) is 112 cm³/mol. The van der Waals surface area contributed by atoms with Gasteiger partial charge in [-0.3, -0.25) is 9.59 Å². The van der Waals surface area contributed by atoms with Gasteiger partial charge in [0.05, 0.1) is 21.1 Å². The van der Waals surface area contributed by atoms with Crippen LogP contribution in [0.4, 0.5) is 0 Å². The Balaban J connectivity index is 1.44. The third kappa shape index (κ3) is 4.12. The molecule has 1 fully saturated rings. The summed E-state index contributed by atoms with van der Waals surface area (Å²) in [6.07, 6.45) is 7.94. The lowest BCUT2D eigenvalue weighted by Gasteiger charge is -2.36. The Morgan fingerprint density at radius 3 is 2.68 bits per heavy atom. The van der Waals surface area contributed by atoms with Crippen molar-refractivity contribution in [1.82, 2.24) is 15.2 Å². The number of amides is 2. The Bertz CT molecular complexity index is 850. The van der Waals surface area contributed by atoms with Crippen LogP contribution in [0.2, 0.25) is 0 Å². The highest BCUT2D eigenvalue weighted by atomic mass is 32.1. The SMILES string of the molecule is CC(=O)NCC1CCN(C(=O)C2CC=CCC2c2nc3ccccc3s2)CC1. The summed E-state index contributed by atoms with van der Waals surface area (Å²) in [6, 6.07) is 8.20. The van der Waals surface area contributed by atoms with Crippen LogP contribution >= 0.6 is 11.3 Å². The third-order valence-electron chi connectivity index (χ3n) is 5.94. The number of aromatic nitrogens is 1. The lowest BCUT2D eigenvalue weighted by Crippen LogP contribution is -2.45. The van der Waals surface area contributed by atoms with Crippen molar-refractivity contribution >= 4 is 33.4 Å². The smallest absolute Gasteiger partial charge is 0.226 e. The number of likely N-dealkylation sites (tertiary alicyclic amines) is 1. The third-order valence-corrected chi connectivity index (χ3v) is 7.11. The van der Waals surface area contributed by atoms with E-state index >= 15 is 0 Å². The number of allylic oxidation sites excluding steroid dienone is 2. The molecule has 148 valence electrons. The molecule has 2 unspecified atom stereocenters. The number of nitrogens with one attached hydrogen (secondary N) is 1. The largest absolute Gasteiger partial charge is 0.356 e. The summed E-state index contributed by atoms with van der Waals surface area (Å²) < 4.78 is 1.19. The van der Waals surface area contributed by atoms with E-state index in [1.807, 2.05) is 23.1 Å². The van der Waals surface area contributed by atoms with Gasteiger partial charge in [-0.15, -0.1) is 11.3 Å². The van der Waals surface area contributed by atoms with E-state index < -0.39 is 0 Å². The molecule has 1 N–H and O–H groups in total.